The van der Waals surface area contributed by atoms with Crippen molar-refractivity contribution in [1.29, 1.82) is 0 Å². The molecular weight excluding hydrogens is 280 g/mol. The van der Waals surface area contributed by atoms with Gasteiger partial charge in [0.2, 0.25) is 0 Å². The van der Waals surface area contributed by atoms with Crippen LogP contribution in [0.15, 0.2) is 18.2 Å². The third kappa shape index (κ3) is 3.42. The Hall–Kier alpha value is -1.99. The van der Waals surface area contributed by atoms with Gasteiger partial charge in [-0.3, -0.25) is 4.79 Å². The van der Waals surface area contributed by atoms with Crippen LogP contribution in [0.2, 0.25) is 0 Å². The number of carbonyl (C=O) groups is 1. The van der Waals surface area contributed by atoms with Crippen LogP contribution in [-0.4, -0.2) is 65.1 Å². The predicted molar refractivity (Wildman–Crippen MR) is 84.8 cm³/mol. The summed E-state index contributed by atoms with van der Waals surface area (Å²) in [7, 11) is 1.84. The molecule has 7 nitrogen and oxygen atoms in total. The van der Waals surface area contributed by atoms with Gasteiger partial charge in [0.05, 0.1) is 5.52 Å². The quantitative estimate of drug-likeness (QED) is 0.760. The van der Waals surface area contributed by atoms with Crippen LogP contribution in [0.25, 0.3) is 11.0 Å². The number of hydrogen-bond donors (Lipinski definition) is 2. The highest BCUT2D eigenvalue weighted by Gasteiger charge is 2.10. The van der Waals surface area contributed by atoms with Crippen molar-refractivity contribution < 1.29 is 4.79 Å². The molecule has 118 valence electrons. The third-order valence-electron chi connectivity index (χ3n) is 4.02. The number of piperazine rings is 1. The van der Waals surface area contributed by atoms with Crippen molar-refractivity contribution in [3.63, 3.8) is 0 Å². The summed E-state index contributed by atoms with van der Waals surface area (Å²) in [5, 5.41) is 14.3. The van der Waals surface area contributed by atoms with Crippen LogP contribution in [0.4, 0.5) is 0 Å². The minimum Gasteiger partial charge on any atom is -0.352 e. The lowest BCUT2D eigenvalue weighted by molar-refractivity contribution is 0.0951. The maximum Gasteiger partial charge on any atom is 0.251 e. The monoisotopic (exact) mass is 302 g/mol. The molecule has 1 aromatic heterocycles. The highest BCUT2D eigenvalue weighted by Crippen LogP contribution is 2.12. The fourth-order valence-corrected chi connectivity index (χ4v) is 2.72. The minimum atomic E-state index is -0.0483. The molecule has 0 aliphatic carbocycles. The molecular formula is C15H22N6O. The van der Waals surface area contributed by atoms with Crippen molar-refractivity contribution in [3.05, 3.63) is 23.8 Å². The fraction of sp³-hybridized carbons (Fsp3) is 0.533. The Morgan fingerprint density at radius 3 is 3.00 bits per heavy atom. The van der Waals surface area contributed by atoms with Crippen LogP contribution < -0.4 is 10.6 Å². The Kier molecular flexibility index (Phi) is 4.65. The largest absolute Gasteiger partial charge is 0.352 e. The molecule has 2 aromatic rings. The average Bonchev–Trinajstić information content (AvgIpc) is 2.93. The number of nitrogens with zero attached hydrogens (tertiary/aromatic N) is 4. The summed E-state index contributed by atoms with van der Waals surface area (Å²) < 4.78 is 1.70. The number of benzene rings is 1. The number of carbonyl (C=O) groups excluding carboxylic acids is 1. The van der Waals surface area contributed by atoms with Gasteiger partial charge in [0, 0.05) is 45.3 Å². The van der Waals surface area contributed by atoms with Crippen LogP contribution in [0.3, 0.4) is 0 Å². The van der Waals surface area contributed by atoms with Crippen molar-refractivity contribution >= 4 is 16.9 Å². The number of aryl methyl sites for hydroxylation is 1. The summed E-state index contributed by atoms with van der Waals surface area (Å²) in [5.41, 5.74) is 2.31. The number of hydrogen-bond acceptors (Lipinski definition) is 5. The highest BCUT2D eigenvalue weighted by atomic mass is 16.1. The zero-order valence-corrected chi connectivity index (χ0v) is 12.9. The molecule has 2 N–H and O–H groups in total. The molecule has 0 atom stereocenters. The predicted octanol–water partition coefficient (Wildman–Crippen LogP) is -0.00660. The van der Waals surface area contributed by atoms with Crippen molar-refractivity contribution in [2.24, 2.45) is 7.05 Å². The molecule has 22 heavy (non-hydrogen) atoms. The molecule has 0 spiro atoms. The number of amides is 1. The summed E-state index contributed by atoms with van der Waals surface area (Å²) in [6, 6.07) is 5.48. The molecule has 1 aliphatic rings. The molecule has 1 saturated heterocycles. The molecule has 1 fully saturated rings. The first-order valence-corrected chi connectivity index (χ1v) is 7.75. The summed E-state index contributed by atoms with van der Waals surface area (Å²) >= 11 is 0. The summed E-state index contributed by atoms with van der Waals surface area (Å²) in [5.74, 6) is -0.0483. The van der Waals surface area contributed by atoms with Crippen LogP contribution in [0.1, 0.15) is 16.8 Å². The van der Waals surface area contributed by atoms with E-state index in [1.807, 2.05) is 19.2 Å². The lowest BCUT2D eigenvalue weighted by atomic mass is 10.2. The van der Waals surface area contributed by atoms with Crippen molar-refractivity contribution in [1.82, 2.24) is 30.5 Å². The Bertz CT molecular complexity index is 647. The Morgan fingerprint density at radius 2 is 2.18 bits per heavy atom. The molecule has 1 aliphatic heterocycles. The van der Waals surface area contributed by atoms with Gasteiger partial charge < -0.3 is 15.5 Å². The molecule has 0 radical (unpaired) electrons. The lowest BCUT2D eigenvalue weighted by Crippen LogP contribution is -2.44. The van der Waals surface area contributed by atoms with Crippen LogP contribution in [0, 0.1) is 0 Å². The van der Waals surface area contributed by atoms with Gasteiger partial charge in [-0.2, -0.15) is 0 Å². The van der Waals surface area contributed by atoms with E-state index in [9.17, 15) is 4.79 Å². The van der Waals surface area contributed by atoms with Gasteiger partial charge in [0.25, 0.3) is 5.91 Å². The number of aromatic nitrogens is 3. The minimum absolute atomic E-state index is 0.0483. The normalized spacial score (nSPS) is 16.0. The molecule has 7 heteroatoms. The molecule has 1 aromatic carbocycles. The molecule has 2 heterocycles. The Morgan fingerprint density at radius 1 is 1.36 bits per heavy atom. The Balaban J connectivity index is 1.48. The molecule has 0 unspecified atom stereocenters. The second-order valence-electron chi connectivity index (χ2n) is 5.62. The van der Waals surface area contributed by atoms with E-state index in [2.05, 4.69) is 25.8 Å². The lowest BCUT2D eigenvalue weighted by Gasteiger charge is -2.27. The topological polar surface area (TPSA) is 75.1 Å². The first-order valence-electron chi connectivity index (χ1n) is 7.75. The third-order valence-corrected chi connectivity index (χ3v) is 4.02. The zero-order chi connectivity index (χ0) is 15.4. The average molecular weight is 302 g/mol. The van der Waals surface area contributed by atoms with Gasteiger partial charge in [-0.15, -0.1) is 5.10 Å². The maximum absolute atomic E-state index is 12.2. The fourth-order valence-electron chi connectivity index (χ4n) is 2.72. The van der Waals surface area contributed by atoms with E-state index in [1.165, 1.54) is 0 Å². The van der Waals surface area contributed by atoms with E-state index in [0.29, 0.717) is 12.1 Å². The molecule has 3 rings (SSSR count). The van der Waals surface area contributed by atoms with Crippen molar-refractivity contribution in [3.8, 4) is 0 Å². The van der Waals surface area contributed by atoms with Gasteiger partial charge in [-0.25, -0.2) is 4.68 Å². The number of nitrogens with one attached hydrogen (secondary N) is 2. The van der Waals surface area contributed by atoms with Crippen molar-refractivity contribution in [2.75, 3.05) is 39.3 Å². The van der Waals surface area contributed by atoms with E-state index in [-0.39, 0.29) is 5.91 Å². The van der Waals surface area contributed by atoms with Crippen LogP contribution in [-0.2, 0) is 7.05 Å². The first kappa shape index (κ1) is 14.9. The van der Waals surface area contributed by atoms with Gasteiger partial charge >= 0.3 is 0 Å². The van der Waals surface area contributed by atoms with Gasteiger partial charge in [0.15, 0.2) is 0 Å². The number of fused-ring (bicyclic) bond motifs is 1. The molecule has 0 bridgehead atoms. The van der Waals surface area contributed by atoms with E-state index >= 15 is 0 Å². The van der Waals surface area contributed by atoms with Gasteiger partial charge in [0.1, 0.15) is 5.52 Å². The summed E-state index contributed by atoms with van der Waals surface area (Å²) in [6.45, 7) is 6.04. The Labute approximate surface area is 129 Å². The summed E-state index contributed by atoms with van der Waals surface area (Å²) in [4.78, 5) is 14.6. The molecule has 0 saturated carbocycles. The smallest absolute Gasteiger partial charge is 0.251 e. The van der Waals surface area contributed by atoms with Crippen molar-refractivity contribution in [2.45, 2.75) is 6.42 Å². The zero-order valence-electron chi connectivity index (χ0n) is 12.9. The van der Waals surface area contributed by atoms with Crippen LogP contribution in [0.5, 0.6) is 0 Å². The maximum atomic E-state index is 12.2. The van der Waals surface area contributed by atoms with Crippen LogP contribution >= 0.6 is 0 Å². The van der Waals surface area contributed by atoms with Gasteiger partial charge in [-0.05, 0) is 31.2 Å². The first-order chi connectivity index (χ1) is 10.7. The SMILES string of the molecule is Cn1nnc2cc(C(=O)NCCCN3CCNCC3)ccc21. The second-order valence-corrected chi connectivity index (χ2v) is 5.62. The van der Waals surface area contributed by atoms with E-state index in [1.54, 1.807) is 10.7 Å². The molecule has 1 amide bonds. The standard InChI is InChI=1S/C15H22N6O/c1-20-14-4-3-12(11-13(14)18-19-20)15(22)17-5-2-8-21-9-6-16-7-10-21/h3-4,11,16H,2,5-10H2,1H3,(H,17,22). The van der Waals surface area contributed by atoms with E-state index < -0.39 is 0 Å². The van der Waals surface area contributed by atoms with E-state index in [0.717, 1.165) is 50.2 Å². The van der Waals surface area contributed by atoms with Gasteiger partial charge in [-0.1, -0.05) is 5.21 Å². The highest BCUT2D eigenvalue weighted by molar-refractivity contribution is 5.97. The second kappa shape index (κ2) is 6.85. The summed E-state index contributed by atoms with van der Waals surface area (Å²) in [6.07, 6.45) is 0.971. The van der Waals surface area contributed by atoms with E-state index in [4.69, 9.17) is 0 Å². The number of rotatable bonds is 5.